The predicted octanol–water partition coefficient (Wildman–Crippen LogP) is 4.39. The van der Waals surface area contributed by atoms with E-state index in [0.29, 0.717) is 5.92 Å². The normalized spacial score (nSPS) is 13.7. The Labute approximate surface area is 87.7 Å². The van der Waals surface area contributed by atoms with E-state index in [1.165, 1.54) is 11.1 Å². The molecule has 0 bridgehead atoms. The third kappa shape index (κ3) is 2.47. The van der Waals surface area contributed by atoms with Gasteiger partial charge in [-0.2, -0.15) is 0 Å². The van der Waals surface area contributed by atoms with E-state index in [1.807, 2.05) is 0 Å². The summed E-state index contributed by atoms with van der Waals surface area (Å²) in [5.74, 6) is 0.448. The van der Waals surface area contributed by atoms with Gasteiger partial charge in [0.15, 0.2) is 0 Å². The van der Waals surface area contributed by atoms with Crippen molar-refractivity contribution in [3.8, 4) is 0 Å². The van der Waals surface area contributed by atoms with Gasteiger partial charge in [0.05, 0.1) is 0 Å². The second kappa shape index (κ2) is 4.00. The summed E-state index contributed by atoms with van der Waals surface area (Å²) < 4.78 is 0. The first kappa shape index (κ1) is 11.0. The van der Waals surface area contributed by atoms with E-state index in [4.69, 9.17) is 0 Å². The maximum Gasteiger partial charge on any atom is 0.00912 e. The lowest BCUT2D eigenvalue weighted by Crippen LogP contribution is -2.19. The zero-order valence-corrected chi connectivity index (χ0v) is 9.67. The number of hydrogen-bond donors (Lipinski definition) is 0. The average molecular weight is 188 g/mol. The predicted molar refractivity (Wildman–Crippen MR) is 63.5 cm³/mol. The molecule has 0 aliphatic carbocycles. The molecule has 0 aliphatic rings. The van der Waals surface area contributed by atoms with Crippen LogP contribution in [0.5, 0.6) is 0 Å². The highest BCUT2D eigenvalue weighted by Gasteiger charge is 2.26. The van der Waals surface area contributed by atoms with Gasteiger partial charge in [-0.25, -0.2) is 0 Å². The van der Waals surface area contributed by atoms with Crippen molar-refractivity contribution in [2.45, 2.75) is 33.6 Å². The summed E-state index contributed by atoms with van der Waals surface area (Å²) in [6.45, 7) is 13.0. The smallest absolute Gasteiger partial charge is 0.00912 e. The van der Waals surface area contributed by atoms with Gasteiger partial charge in [-0.15, -0.1) is 0 Å². The summed E-state index contributed by atoms with van der Waals surface area (Å²) in [4.78, 5) is 0. The lowest BCUT2D eigenvalue weighted by atomic mass is 9.73. The molecule has 1 aromatic rings. The third-order valence-electron chi connectivity index (χ3n) is 2.49. The van der Waals surface area contributed by atoms with Crippen molar-refractivity contribution < 1.29 is 0 Å². The largest absolute Gasteiger partial charge is 0.0995 e. The Kier molecular flexibility index (Phi) is 3.15. The number of benzene rings is 1. The molecule has 0 heteroatoms. The van der Waals surface area contributed by atoms with E-state index in [2.05, 4.69) is 64.6 Å². The first-order chi connectivity index (χ1) is 6.43. The molecule has 0 aromatic heterocycles. The lowest BCUT2D eigenvalue weighted by Gasteiger charge is -2.31. The van der Waals surface area contributed by atoms with Crippen LogP contribution in [0.2, 0.25) is 0 Å². The fraction of sp³-hybridized carbons (Fsp3) is 0.429. The van der Waals surface area contributed by atoms with Crippen molar-refractivity contribution in [2.75, 3.05) is 0 Å². The maximum atomic E-state index is 4.10. The van der Waals surface area contributed by atoms with E-state index in [1.54, 1.807) is 0 Å². The van der Waals surface area contributed by atoms with Crippen LogP contribution in [-0.4, -0.2) is 0 Å². The van der Waals surface area contributed by atoms with Crippen LogP contribution in [0.4, 0.5) is 0 Å². The maximum absolute atomic E-state index is 4.10. The van der Waals surface area contributed by atoms with Gasteiger partial charge in [-0.3, -0.25) is 0 Å². The first-order valence-corrected chi connectivity index (χ1v) is 5.13. The molecule has 0 nitrogen and oxygen atoms in total. The Morgan fingerprint density at radius 1 is 1.14 bits per heavy atom. The van der Waals surface area contributed by atoms with Gasteiger partial charge in [0.25, 0.3) is 0 Å². The van der Waals surface area contributed by atoms with Crippen LogP contribution in [0.15, 0.2) is 42.5 Å². The molecule has 0 amide bonds. The molecule has 0 N–H and O–H groups in total. The zero-order valence-electron chi connectivity index (χ0n) is 9.67. The topological polar surface area (TPSA) is 0 Å². The Hall–Kier alpha value is -1.04. The highest BCUT2D eigenvalue weighted by atomic mass is 14.3. The third-order valence-corrected chi connectivity index (χ3v) is 2.49. The van der Waals surface area contributed by atoms with Crippen molar-refractivity contribution in [2.24, 2.45) is 5.41 Å². The summed E-state index contributed by atoms with van der Waals surface area (Å²) in [5, 5.41) is 0. The first-order valence-electron chi connectivity index (χ1n) is 5.13. The standard InChI is InChI=1S/C14H20/c1-11(2)13(14(3,4)5)12-9-7-6-8-10-12/h6-10,13H,1H2,2-5H3. The van der Waals surface area contributed by atoms with Crippen LogP contribution < -0.4 is 0 Å². The lowest BCUT2D eigenvalue weighted by molar-refractivity contribution is 0.354. The van der Waals surface area contributed by atoms with Gasteiger partial charge in [0.1, 0.15) is 0 Å². The van der Waals surface area contributed by atoms with Crippen molar-refractivity contribution in [1.29, 1.82) is 0 Å². The molecule has 0 saturated heterocycles. The van der Waals surface area contributed by atoms with Crippen LogP contribution >= 0.6 is 0 Å². The van der Waals surface area contributed by atoms with Crippen molar-refractivity contribution in [1.82, 2.24) is 0 Å². The summed E-state index contributed by atoms with van der Waals surface area (Å²) in [7, 11) is 0. The Balaban J connectivity index is 3.08. The highest BCUT2D eigenvalue weighted by molar-refractivity contribution is 5.29. The van der Waals surface area contributed by atoms with Crippen molar-refractivity contribution in [3.05, 3.63) is 48.0 Å². The van der Waals surface area contributed by atoms with E-state index in [0.717, 1.165) is 0 Å². The van der Waals surface area contributed by atoms with Crippen molar-refractivity contribution in [3.63, 3.8) is 0 Å². The van der Waals surface area contributed by atoms with Crippen LogP contribution in [0.25, 0.3) is 0 Å². The number of hydrogen-bond acceptors (Lipinski definition) is 0. The SMILES string of the molecule is C=C(C)C(c1ccccc1)C(C)(C)C. The minimum Gasteiger partial charge on any atom is -0.0995 e. The zero-order chi connectivity index (χ0) is 10.8. The summed E-state index contributed by atoms with van der Waals surface area (Å²) in [6.07, 6.45) is 0. The van der Waals surface area contributed by atoms with Crippen LogP contribution in [-0.2, 0) is 0 Å². The molecule has 76 valence electrons. The Morgan fingerprint density at radius 3 is 2.00 bits per heavy atom. The number of allylic oxidation sites excluding steroid dienone is 1. The minimum atomic E-state index is 0.243. The van der Waals surface area contributed by atoms with E-state index in [9.17, 15) is 0 Å². The molecular formula is C14H20. The van der Waals surface area contributed by atoms with Gasteiger partial charge >= 0.3 is 0 Å². The molecule has 1 rings (SSSR count). The molecule has 1 unspecified atom stereocenters. The second-order valence-electron chi connectivity index (χ2n) is 5.06. The summed E-state index contributed by atoms with van der Waals surface area (Å²) >= 11 is 0. The van der Waals surface area contributed by atoms with Gasteiger partial charge in [-0.05, 0) is 17.9 Å². The molecule has 0 spiro atoms. The van der Waals surface area contributed by atoms with Crippen LogP contribution in [0.1, 0.15) is 39.2 Å². The van der Waals surface area contributed by atoms with Gasteiger partial charge in [-0.1, -0.05) is 63.3 Å². The van der Waals surface area contributed by atoms with Gasteiger partial charge < -0.3 is 0 Å². The van der Waals surface area contributed by atoms with E-state index < -0.39 is 0 Å². The van der Waals surface area contributed by atoms with E-state index >= 15 is 0 Å². The molecular weight excluding hydrogens is 168 g/mol. The summed E-state index contributed by atoms with van der Waals surface area (Å²) in [5.41, 5.74) is 2.85. The molecule has 0 radical (unpaired) electrons. The quantitative estimate of drug-likeness (QED) is 0.604. The highest BCUT2D eigenvalue weighted by Crippen LogP contribution is 2.39. The Morgan fingerprint density at radius 2 is 1.64 bits per heavy atom. The molecule has 0 heterocycles. The van der Waals surface area contributed by atoms with Gasteiger partial charge in [0.2, 0.25) is 0 Å². The summed E-state index contributed by atoms with van der Waals surface area (Å²) in [6, 6.07) is 10.6. The molecule has 1 atom stereocenters. The minimum absolute atomic E-state index is 0.243. The van der Waals surface area contributed by atoms with E-state index in [-0.39, 0.29) is 5.41 Å². The van der Waals surface area contributed by atoms with Gasteiger partial charge in [0, 0.05) is 5.92 Å². The molecule has 0 fully saturated rings. The number of rotatable bonds is 2. The molecule has 0 aliphatic heterocycles. The second-order valence-corrected chi connectivity index (χ2v) is 5.06. The van der Waals surface area contributed by atoms with Crippen LogP contribution in [0, 0.1) is 5.41 Å². The molecule has 14 heavy (non-hydrogen) atoms. The monoisotopic (exact) mass is 188 g/mol. The van der Waals surface area contributed by atoms with Crippen LogP contribution in [0.3, 0.4) is 0 Å². The van der Waals surface area contributed by atoms with Crippen molar-refractivity contribution >= 4 is 0 Å². The fourth-order valence-corrected chi connectivity index (χ4v) is 2.17. The fourth-order valence-electron chi connectivity index (χ4n) is 2.17. The average Bonchev–Trinajstić information content (AvgIpc) is 2.02. The Bertz CT molecular complexity index is 301. The molecule has 0 saturated carbocycles. The molecule has 1 aromatic carbocycles.